The van der Waals surface area contributed by atoms with Gasteiger partial charge in [-0.15, -0.1) is 0 Å². The van der Waals surface area contributed by atoms with Crippen LogP contribution in [0.5, 0.6) is 0 Å². The van der Waals surface area contributed by atoms with Crippen LogP contribution in [0.3, 0.4) is 0 Å². The number of nitrogens with one attached hydrogen (secondary N) is 3. The van der Waals surface area contributed by atoms with Gasteiger partial charge in [0.1, 0.15) is 11.8 Å². The van der Waals surface area contributed by atoms with Gasteiger partial charge in [-0.1, -0.05) is 0 Å². The summed E-state index contributed by atoms with van der Waals surface area (Å²) in [6.45, 7) is 3.29. The number of furan rings is 1. The minimum absolute atomic E-state index is 0.245. The Morgan fingerprint density at radius 1 is 1.41 bits per heavy atom. The third-order valence-electron chi connectivity index (χ3n) is 3.53. The summed E-state index contributed by atoms with van der Waals surface area (Å²) in [5.74, 6) is 0.409. The van der Waals surface area contributed by atoms with Crippen molar-refractivity contribution >= 4 is 11.9 Å². The number of hydrogen-bond donors (Lipinski definition) is 3. The first-order valence-corrected chi connectivity index (χ1v) is 7.61. The van der Waals surface area contributed by atoms with Crippen molar-refractivity contribution in [1.29, 1.82) is 0 Å². The Balaban J connectivity index is 1.59. The van der Waals surface area contributed by atoms with Crippen molar-refractivity contribution in [1.82, 2.24) is 16.0 Å². The van der Waals surface area contributed by atoms with Crippen molar-refractivity contribution in [3.05, 3.63) is 24.2 Å². The van der Waals surface area contributed by atoms with E-state index in [0.717, 1.165) is 25.9 Å². The molecule has 0 saturated carbocycles. The molecular formula is C15H23N3O4. The molecule has 1 fully saturated rings. The van der Waals surface area contributed by atoms with Crippen LogP contribution in [0.4, 0.5) is 4.79 Å². The van der Waals surface area contributed by atoms with Crippen molar-refractivity contribution in [2.24, 2.45) is 0 Å². The minimum atomic E-state index is -0.613. The van der Waals surface area contributed by atoms with E-state index in [-0.39, 0.29) is 18.0 Å². The highest BCUT2D eigenvalue weighted by molar-refractivity contribution is 5.86. The van der Waals surface area contributed by atoms with Crippen LogP contribution in [0.1, 0.15) is 31.9 Å². The Bertz CT molecular complexity index is 469. The fraction of sp³-hybridized carbons (Fsp3) is 0.600. The van der Waals surface area contributed by atoms with Gasteiger partial charge >= 0.3 is 6.03 Å². The third kappa shape index (κ3) is 5.40. The first-order valence-electron chi connectivity index (χ1n) is 7.61. The Kier molecular flexibility index (Phi) is 6.27. The summed E-state index contributed by atoms with van der Waals surface area (Å²) in [6, 6.07) is 2.57. The smallest absolute Gasteiger partial charge is 0.315 e. The second-order valence-electron chi connectivity index (χ2n) is 5.34. The average molecular weight is 309 g/mol. The zero-order valence-electron chi connectivity index (χ0n) is 12.8. The van der Waals surface area contributed by atoms with Crippen LogP contribution in [-0.4, -0.2) is 37.2 Å². The topological polar surface area (TPSA) is 92.6 Å². The lowest BCUT2D eigenvalue weighted by Gasteiger charge is -2.15. The van der Waals surface area contributed by atoms with Crippen molar-refractivity contribution in [2.75, 3.05) is 13.2 Å². The maximum atomic E-state index is 11.8. The lowest BCUT2D eigenvalue weighted by molar-refractivity contribution is -0.122. The molecule has 3 N–H and O–H groups in total. The fourth-order valence-electron chi connectivity index (χ4n) is 2.27. The molecule has 0 radical (unpaired) electrons. The number of amides is 3. The third-order valence-corrected chi connectivity index (χ3v) is 3.53. The molecule has 0 unspecified atom stereocenters. The van der Waals surface area contributed by atoms with E-state index < -0.39 is 6.04 Å². The summed E-state index contributed by atoms with van der Waals surface area (Å²) >= 11 is 0. The molecule has 0 bridgehead atoms. The molecule has 3 amide bonds. The van der Waals surface area contributed by atoms with Crippen molar-refractivity contribution in [3.63, 3.8) is 0 Å². The van der Waals surface area contributed by atoms with Crippen LogP contribution in [-0.2, 0) is 16.1 Å². The first-order chi connectivity index (χ1) is 10.6. The van der Waals surface area contributed by atoms with Gasteiger partial charge in [-0.3, -0.25) is 4.79 Å². The summed E-state index contributed by atoms with van der Waals surface area (Å²) < 4.78 is 10.6. The molecule has 122 valence electrons. The van der Waals surface area contributed by atoms with E-state index in [4.69, 9.17) is 9.15 Å². The van der Waals surface area contributed by atoms with E-state index in [0.29, 0.717) is 18.8 Å². The van der Waals surface area contributed by atoms with Gasteiger partial charge < -0.3 is 25.1 Å². The SMILES string of the molecule is C[C@H](NC(=O)NCC[C@@H]1CCCO1)C(=O)NCc1ccco1. The molecule has 0 aromatic carbocycles. The summed E-state index contributed by atoms with van der Waals surface area (Å²) in [6.07, 6.45) is 4.73. The molecule has 7 nitrogen and oxygen atoms in total. The highest BCUT2D eigenvalue weighted by Gasteiger charge is 2.17. The van der Waals surface area contributed by atoms with Crippen LogP contribution in [0.2, 0.25) is 0 Å². The van der Waals surface area contributed by atoms with Gasteiger partial charge in [0.05, 0.1) is 18.9 Å². The fourth-order valence-corrected chi connectivity index (χ4v) is 2.27. The minimum Gasteiger partial charge on any atom is -0.467 e. The number of hydrogen-bond acceptors (Lipinski definition) is 4. The second-order valence-corrected chi connectivity index (χ2v) is 5.34. The second kappa shape index (κ2) is 8.43. The largest absolute Gasteiger partial charge is 0.467 e. The maximum Gasteiger partial charge on any atom is 0.315 e. The Morgan fingerprint density at radius 3 is 2.95 bits per heavy atom. The van der Waals surface area contributed by atoms with Crippen LogP contribution in [0.25, 0.3) is 0 Å². The molecule has 0 aliphatic carbocycles. The summed E-state index contributed by atoms with van der Waals surface area (Å²) in [7, 11) is 0. The summed E-state index contributed by atoms with van der Waals surface area (Å²) in [5.41, 5.74) is 0. The maximum absolute atomic E-state index is 11.8. The van der Waals surface area contributed by atoms with Crippen LogP contribution in [0.15, 0.2) is 22.8 Å². The highest BCUT2D eigenvalue weighted by Crippen LogP contribution is 2.14. The van der Waals surface area contributed by atoms with E-state index in [1.807, 2.05) is 0 Å². The monoisotopic (exact) mass is 309 g/mol. The van der Waals surface area contributed by atoms with Gasteiger partial charge in [-0.2, -0.15) is 0 Å². The normalized spacial score (nSPS) is 18.7. The van der Waals surface area contributed by atoms with Crippen molar-refractivity contribution in [3.8, 4) is 0 Å². The average Bonchev–Trinajstić information content (AvgIpc) is 3.18. The Morgan fingerprint density at radius 2 is 2.27 bits per heavy atom. The number of urea groups is 1. The van der Waals surface area contributed by atoms with Crippen LogP contribution in [0, 0.1) is 0 Å². The molecule has 2 heterocycles. The van der Waals surface area contributed by atoms with E-state index in [1.54, 1.807) is 25.3 Å². The zero-order chi connectivity index (χ0) is 15.8. The van der Waals surface area contributed by atoms with E-state index in [9.17, 15) is 9.59 Å². The highest BCUT2D eigenvalue weighted by atomic mass is 16.5. The first kappa shape index (κ1) is 16.4. The molecule has 1 aliphatic rings. The van der Waals surface area contributed by atoms with Crippen LogP contribution >= 0.6 is 0 Å². The Labute approximate surface area is 129 Å². The number of carbonyl (C=O) groups is 2. The van der Waals surface area contributed by atoms with E-state index >= 15 is 0 Å². The van der Waals surface area contributed by atoms with E-state index in [2.05, 4.69) is 16.0 Å². The number of rotatable bonds is 7. The van der Waals surface area contributed by atoms with Gasteiger partial charge in [0, 0.05) is 13.2 Å². The predicted molar refractivity (Wildman–Crippen MR) is 80.1 cm³/mol. The molecule has 1 aromatic heterocycles. The molecular weight excluding hydrogens is 286 g/mol. The standard InChI is InChI=1S/C15H23N3O4/c1-11(14(19)17-10-13-5-3-9-22-13)18-15(20)16-7-6-12-4-2-8-21-12/h3,5,9,11-12H,2,4,6-8,10H2,1H3,(H,17,19)(H2,16,18,20)/t11-,12-/m0/s1. The van der Waals surface area contributed by atoms with Gasteiger partial charge in [0.15, 0.2) is 0 Å². The summed E-state index contributed by atoms with van der Waals surface area (Å²) in [4.78, 5) is 23.5. The molecule has 2 rings (SSSR count). The molecule has 7 heteroatoms. The summed E-state index contributed by atoms with van der Waals surface area (Å²) in [5, 5.41) is 8.03. The number of carbonyl (C=O) groups excluding carboxylic acids is 2. The lowest BCUT2D eigenvalue weighted by Crippen LogP contribution is -2.48. The predicted octanol–water partition coefficient (Wildman–Crippen LogP) is 1.15. The molecule has 0 spiro atoms. The van der Waals surface area contributed by atoms with Gasteiger partial charge in [-0.25, -0.2) is 4.79 Å². The van der Waals surface area contributed by atoms with Crippen molar-refractivity contribution < 1.29 is 18.7 Å². The molecule has 22 heavy (non-hydrogen) atoms. The Hall–Kier alpha value is -2.02. The molecule has 2 atom stereocenters. The quantitative estimate of drug-likeness (QED) is 0.704. The molecule has 1 aliphatic heterocycles. The van der Waals surface area contributed by atoms with Crippen LogP contribution < -0.4 is 16.0 Å². The zero-order valence-corrected chi connectivity index (χ0v) is 12.8. The molecule has 1 aromatic rings. The van der Waals surface area contributed by atoms with Gasteiger partial charge in [-0.05, 0) is 38.3 Å². The van der Waals surface area contributed by atoms with E-state index in [1.165, 1.54) is 0 Å². The van der Waals surface area contributed by atoms with Gasteiger partial charge in [0.25, 0.3) is 0 Å². The van der Waals surface area contributed by atoms with Gasteiger partial charge in [0.2, 0.25) is 5.91 Å². The lowest BCUT2D eigenvalue weighted by atomic mass is 10.2. The molecule has 1 saturated heterocycles. The van der Waals surface area contributed by atoms with Crippen molar-refractivity contribution in [2.45, 2.75) is 44.9 Å². The number of ether oxygens (including phenoxy) is 1.